The van der Waals surface area contributed by atoms with E-state index in [-0.39, 0.29) is 36.3 Å². The summed E-state index contributed by atoms with van der Waals surface area (Å²) in [5.74, 6) is -1.53. The van der Waals surface area contributed by atoms with Crippen LogP contribution in [0.5, 0.6) is 0 Å². The zero-order chi connectivity index (χ0) is 33.5. The van der Waals surface area contributed by atoms with Gasteiger partial charge in [0.15, 0.2) is 0 Å². The van der Waals surface area contributed by atoms with Gasteiger partial charge in [-0.05, 0) is 45.3 Å². The number of carbonyl (C=O) groups is 3. The van der Waals surface area contributed by atoms with Crippen molar-refractivity contribution in [2.24, 2.45) is 11.8 Å². The van der Waals surface area contributed by atoms with Crippen LogP contribution < -0.4 is 14.7 Å². The van der Waals surface area contributed by atoms with E-state index in [9.17, 15) is 27.6 Å². The first-order chi connectivity index (χ1) is 21.6. The Morgan fingerprint density at radius 3 is 2.57 bits per heavy atom. The summed E-state index contributed by atoms with van der Waals surface area (Å²) >= 11 is 6.69. The van der Waals surface area contributed by atoms with E-state index in [4.69, 9.17) is 16.3 Å². The van der Waals surface area contributed by atoms with E-state index >= 15 is 0 Å². The van der Waals surface area contributed by atoms with Gasteiger partial charge in [-0.2, -0.15) is 13.2 Å². The van der Waals surface area contributed by atoms with E-state index in [2.05, 4.69) is 11.6 Å². The van der Waals surface area contributed by atoms with Crippen molar-refractivity contribution < 1.29 is 32.3 Å². The molecule has 2 saturated heterocycles. The van der Waals surface area contributed by atoms with Crippen LogP contribution in [0.15, 0.2) is 42.5 Å². The molecule has 0 saturated carbocycles. The number of likely N-dealkylation sites (tertiary alicyclic amines) is 1. The lowest BCUT2D eigenvalue weighted by Gasteiger charge is -2.40. The van der Waals surface area contributed by atoms with Gasteiger partial charge in [-0.3, -0.25) is 19.3 Å². The molecule has 0 N–H and O–H groups in total. The number of aryl methyl sites for hydroxylation is 1. The summed E-state index contributed by atoms with van der Waals surface area (Å²) in [6.07, 6.45) is -4.70. The fourth-order valence-corrected chi connectivity index (χ4v) is 6.70. The number of nitrogens with zero attached hydrogens (tertiary/aromatic N) is 6. The van der Waals surface area contributed by atoms with Crippen molar-refractivity contribution in [2.45, 2.75) is 25.6 Å². The molecule has 14 heteroatoms. The second-order valence-electron chi connectivity index (χ2n) is 12.5. The highest BCUT2D eigenvalue weighted by atomic mass is 35.5. The lowest BCUT2D eigenvalue weighted by Crippen LogP contribution is -2.53. The van der Waals surface area contributed by atoms with Crippen LogP contribution in [-0.2, 0) is 25.3 Å². The fraction of sp³-hybridized carbons (Fsp3) is 0.500. The number of carbonyl (C=O) groups excluding carboxylic acids is 3. The molecule has 3 aliphatic heterocycles. The van der Waals surface area contributed by atoms with E-state index < -0.39 is 35.5 Å². The summed E-state index contributed by atoms with van der Waals surface area (Å²) in [5.41, 5.74) is 0.810. The number of hydrogen-bond donors (Lipinski definition) is 0. The van der Waals surface area contributed by atoms with E-state index in [1.165, 1.54) is 11.8 Å². The largest absolute Gasteiger partial charge is 0.416 e. The number of hydrogen-bond acceptors (Lipinski definition) is 7. The predicted octanol–water partition coefficient (Wildman–Crippen LogP) is 3.86. The van der Waals surface area contributed by atoms with Crippen LogP contribution in [0, 0.1) is 18.8 Å². The van der Waals surface area contributed by atoms with Gasteiger partial charge in [0.25, 0.3) is 5.91 Å². The number of benzene rings is 1. The van der Waals surface area contributed by atoms with Crippen molar-refractivity contribution in [3.05, 3.63) is 58.8 Å². The van der Waals surface area contributed by atoms with Gasteiger partial charge in [0.05, 0.1) is 35.2 Å². The summed E-state index contributed by atoms with van der Waals surface area (Å²) in [7, 11) is 5.33. The molecule has 1 aromatic carbocycles. The average Bonchev–Trinajstić information content (AvgIpc) is 3.27. The highest BCUT2D eigenvalue weighted by Crippen LogP contribution is 2.43. The lowest BCUT2D eigenvalue weighted by atomic mass is 9.95. The van der Waals surface area contributed by atoms with Crippen molar-refractivity contribution in [3.63, 3.8) is 0 Å². The molecule has 3 aliphatic rings. The van der Waals surface area contributed by atoms with Gasteiger partial charge in [0, 0.05) is 69.3 Å². The summed E-state index contributed by atoms with van der Waals surface area (Å²) in [6, 6.07) is 5.84. The minimum Gasteiger partial charge on any atom is -0.379 e. The predicted molar refractivity (Wildman–Crippen MR) is 169 cm³/mol. The third-order valence-corrected chi connectivity index (χ3v) is 8.84. The normalized spacial score (nSPS) is 20.5. The van der Waals surface area contributed by atoms with Gasteiger partial charge in [-0.1, -0.05) is 24.2 Å². The van der Waals surface area contributed by atoms with E-state index in [1.807, 2.05) is 23.9 Å². The molecule has 0 radical (unpaired) electrons. The van der Waals surface area contributed by atoms with Crippen LogP contribution in [0.1, 0.15) is 17.7 Å². The molecule has 0 bridgehead atoms. The van der Waals surface area contributed by atoms with Gasteiger partial charge in [0.1, 0.15) is 11.9 Å². The quantitative estimate of drug-likeness (QED) is 0.298. The molecule has 2 atom stereocenters. The topological polar surface area (TPSA) is 89.5 Å². The van der Waals surface area contributed by atoms with Crippen LogP contribution in [0.25, 0.3) is 0 Å². The number of pyridine rings is 1. The summed E-state index contributed by atoms with van der Waals surface area (Å²) in [5, 5.41) is 0.415. The molecular formula is C32H38ClF3N6O4. The highest BCUT2D eigenvalue weighted by molar-refractivity contribution is 6.34. The first kappa shape index (κ1) is 33.7. The Hall–Kier alpha value is -3.68. The minimum absolute atomic E-state index is 0.0522. The van der Waals surface area contributed by atoms with Gasteiger partial charge in [-0.25, -0.2) is 4.98 Å². The van der Waals surface area contributed by atoms with Crippen molar-refractivity contribution in [3.8, 4) is 0 Å². The molecule has 0 aliphatic carbocycles. The third-order valence-electron chi connectivity index (χ3n) is 8.54. The fourth-order valence-electron chi connectivity index (χ4n) is 6.41. The molecule has 3 amide bonds. The van der Waals surface area contributed by atoms with Crippen LogP contribution in [0.3, 0.4) is 0 Å². The number of amides is 3. The standard InChI is InChI=1S/C32H38ClF3N6O4/c1-19(14-38(3)4)30(44)41-15-21(16-41)18-46-10-9-40-17-22-12-27(43)42(26-13-23(32(34,35)36)11-20(2)37-26)28(22)31(45)39(5)25-8-6-7-24(33)29(25)40/h6-8,11,13,21-22,28H,1,9-10,12,14-18H2,2-5H3/t22-,28+/m1/s1. The molecule has 5 rings (SSSR count). The minimum atomic E-state index is -4.65. The summed E-state index contributed by atoms with van der Waals surface area (Å²) in [6.45, 7) is 8.36. The molecule has 0 unspecified atom stereocenters. The van der Waals surface area contributed by atoms with Gasteiger partial charge < -0.3 is 24.3 Å². The number of rotatable bonds is 9. The van der Waals surface area contributed by atoms with Crippen LogP contribution in [0.4, 0.5) is 30.4 Å². The van der Waals surface area contributed by atoms with E-state index in [0.29, 0.717) is 61.4 Å². The van der Waals surface area contributed by atoms with Gasteiger partial charge in [0.2, 0.25) is 11.8 Å². The van der Waals surface area contributed by atoms with Crippen molar-refractivity contribution in [1.29, 1.82) is 0 Å². The molecule has 2 fully saturated rings. The summed E-state index contributed by atoms with van der Waals surface area (Å²) < 4.78 is 47.0. The number of para-hydroxylation sites is 1. The second-order valence-corrected chi connectivity index (χ2v) is 12.9. The number of halogens is 4. The molecule has 2 aromatic rings. The Balaban J connectivity index is 1.32. The summed E-state index contributed by atoms with van der Waals surface area (Å²) in [4.78, 5) is 52.3. The number of alkyl halides is 3. The van der Waals surface area contributed by atoms with Crippen LogP contribution in [0.2, 0.25) is 5.02 Å². The Bertz CT molecular complexity index is 1530. The number of fused-ring (bicyclic) bond motifs is 2. The van der Waals surface area contributed by atoms with Crippen molar-refractivity contribution >= 4 is 46.5 Å². The third kappa shape index (κ3) is 6.86. The first-order valence-electron chi connectivity index (χ1n) is 15.0. The molecule has 4 heterocycles. The Morgan fingerprint density at radius 1 is 1.17 bits per heavy atom. The SMILES string of the molecule is C=C(CN(C)C)C(=O)N1CC(COCCN2C[C@H]3CC(=O)N(c4cc(C(F)(F)F)cc(C)n4)[C@@H]3C(=O)N(C)c3cccc(Cl)c32)C1. The number of likely N-dealkylation sites (N-methyl/N-ethyl adjacent to an activating group) is 2. The maximum absolute atomic E-state index is 14.0. The Morgan fingerprint density at radius 2 is 1.89 bits per heavy atom. The van der Waals surface area contributed by atoms with Gasteiger partial charge >= 0.3 is 6.18 Å². The van der Waals surface area contributed by atoms with Crippen molar-refractivity contribution in [1.82, 2.24) is 14.8 Å². The molecule has 248 valence electrons. The first-order valence-corrected chi connectivity index (χ1v) is 15.4. The van der Waals surface area contributed by atoms with Crippen molar-refractivity contribution in [2.75, 3.05) is 81.8 Å². The van der Waals surface area contributed by atoms with Crippen LogP contribution in [-0.4, -0.2) is 106 Å². The Labute approximate surface area is 271 Å². The average molecular weight is 663 g/mol. The van der Waals surface area contributed by atoms with Crippen LogP contribution >= 0.6 is 11.6 Å². The molecule has 1 aromatic heterocycles. The zero-order valence-corrected chi connectivity index (χ0v) is 27.1. The molecule has 46 heavy (non-hydrogen) atoms. The Kier molecular flexibility index (Phi) is 9.67. The number of anilines is 3. The second kappa shape index (κ2) is 13.2. The zero-order valence-electron chi connectivity index (χ0n) is 26.3. The number of aromatic nitrogens is 1. The lowest BCUT2D eigenvalue weighted by molar-refractivity contribution is -0.137. The highest BCUT2D eigenvalue weighted by Gasteiger charge is 2.49. The maximum Gasteiger partial charge on any atom is 0.416 e. The molecular weight excluding hydrogens is 625 g/mol. The monoisotopic (exact) mass is 662 g/mol. The van der Waals surface area contributed by atoms with E-state index in [1.54, 1.807) is 30.1 Å². The van der Waals surface area contributed by atoms with E-state index in [0.717, 1.165) is 17.0 Å². The smallest absolute Gasteiger partial charge is 0.379 e. The molecule has 0 spiro atoms. The number of ether oxygens (including phenoxy) is 1. The molecule has 10 nitrogen and oxygen atoms in total. The van der Waals surface area contributed by atoms with Gasteiger partial charge in [-0.15, -0.1) is 0 Å². The maximum atomic E-state index is 14.0.